The smallest absolute Gasteiger partial charge is 0.393 e. The quantitative estimate of drug-likeness (QED) is 0.762. The number of halogens is 3. The summed E-state index contributed by atoms with van der Waals surface area (Å²) in [6, 6.07) is -0.530. The van der Waals surface area contributed by atoms with Gasteiger partial charge in [0.15, 0.2) is 0 Å². The van der Waals surface area contributed by atoms with Crippen LogP contribution in [-0.2, 0) is 4.79 Å². The molecule has 4 nitrogen and oxygen atoms in total. The minimum atomic E-state index is -4.48. The van der Waals surface area contributed by atoms with Gasteiger partial charge in [-0.15, -0.1) is 0 Å². The van der Waals surface area contributed by atoms with Crippen LogP contribution in [0.1, 0.15) is 19.3 Å². The summed E-state index contributed by atoms with van der Waals surface area (Å²) >= 11 is 4.50. The molecule has 3 N–H and O–H groups in total. The second-order valence-corrected chi connectivity index (χ2v) is 5.09. The molecule has 0 aliphatic carbocycles. The molecule has 8 heteroatoms. The van der Waals surface area contributed by atoms with Crippen molar-refractivity contribution in [1.29, 1.82) is 0 Å². The maximum atomic E-state index is 12.8. The standard InChI is InChI=1S/C11H18F3N3OS/c1-16-10(18)8-4-2-3-5-17(8)6-7(9(15)19)11(12,13)14/h7-8H,2-6H2,1H3,(H2,15,19)(H,16,18). The molecule has 1 saturated heterocycles. The summed E-state index contributed by atoms with van der Waals surface area (Å²) in [6.07, 6.45) is -2.31. The van der Waals surface area contributed by atoms with E-state index in [4.69, 9.17) is 5.73 Å². The number of thiocarbonyl (C=S) groups is 1. The van der Waals surface area contributed by atoms with Gasteiger partial charge in [0, 0.05) is 13.6 Å². The van der Waals surface area contributed by atoms with E-state index in [1.165, 1.54) is 11.9 Å². The highest BCUT2D eigenvalue weighted by Crippen LogP contribution is 2.29. The number of likely N-dealkylation sites (tertiary alicyclic amines) is 1. The Morgan fingerprint density at radius 2 is 2.16 bits per heavy atom. The van der Waals surface area contributed by atoms with Crippen LogP contribution in [0.25, 0.3) is 0 Å². The van der Waals surface area contributed by atoms with E-state index in [1.54, 1.807) is 0 Å². The molecule has 0 aromatic carbocycles. The summed E-state index contributed by atoms with van der Waals surface area (Å²) < 4.78 is 38.5. The normalized spacial score (nSPS) is 22.8. The molecule has 0 bridgehead atoms. The summed E-state index contributed by atoms with van der Waals surface area (Å²) in [5, 5.41) is 2.48. The van der Waals surface area contributed by atoms with Crippen LogP contribution in [0.15, 0.2) is 0 Å². The lowest BCUT2D eigenvalue weighted by Crippen LogP contribution is -2.53. The van der Waals surface area contributed by atoms with E-state index in [9.17, 15) is 18.0 Å². The van der Waals surface area contributed by atoms with Crippen molar-refractivity contribution in [3.63, 3.8) is 0 Å². The van der Waals surface area contributed by atoms with Crippen molar-refractivity contribution in [2.24, 2.45) is 11.7 Å². The Labute approximate surface area is 115 Å². The number of rotatable bonds is 4. The molecule has 1 aliphatic heterocycles. The average Bonchev–Trinajstić information content (AvgIpc) is 2.33. The molecule has 110 valence electrons. The van der Waals surface area contributed by atoms with E-state index in [2.05, 4.69) is 17.5 Å². The third kappa shape index (κ3) is 4.31. The van der Waals surface area contributed by atoms with Gasteiger partial charge in [0.05, 0.1) is 11.0 Å². The van der Waals surface area contributed by atoms with Crippen LogP contribution in [0.2, 0.25) is 0 Å². The number of carbonyl (C=O) groups is 1. The van der Waals surface area contributed by atoms with Crippen molar-refractivity contribution in [2.75, 3.05) is 20.1 Å². The number of amides is 1. The second kappa shape index (κ2) is 6.51. The molecule has 1 fully saturated rings. The number of alkyl halides is 3. The molecular weight excluding hydrogens is 279 g/mol. The Kier molecular flexibility index (Phi) is 5.54. The van der Waals surface area contributed by atoms with E-state index < -0.39 is 23.1 Å². The van der Waals surface area contributed by atoms with E-state index in [1.807, 2.05) is 0 Å². The molecular formula is C11H18F3N3OS. The molecule has 0 aromatic heterocycles. The van der Waals surface area contributed by atoms with E-state index >= 15 is 0 Å². The number of nitrogens with two attached hydrogens (primary N) is 1. The predicted octanol–water partition coefficient (Wildman–Crippen LogP) is 1.05. The van der Waals surface area contributed by atoms with E-state index in [0.29, 0.717) is 13.0 Å². The number of nitrogens with one attached hydrogen (secondary N) is 1. The third-order valence-electron chi connectivity index (χ3n) is 3.32. The van der Waals surface area contributed by atoms with Gasteiger partial charge in [-0.1, -0.05) is 18.6 Å². The molecule has 2 unspecified atom stereocenters. The highest BCUT2D eigenvalue weighted by molar-refractivity contribution is 7.80. The molecule has 0 saturated carbocycles. The topological polar surface area (TPSA) is 58.4 Å². The minimum absolute atomic E-state index is 0.261. The first-order valence-electron chi connectivity index (χ1n) is 6.09. The van der Waals surface area contributed by atoms with Gasteiger partial charge in [-0.2, -0.15) is 13.2 Å². The first kappa shape index (κ1) is 16.2. The largest absolute Gasteiger partial charge is 0.399 e. The molecule has 1 heterocycles. The summed E-state index contributed by atoms with van der Waals surface area (Å²) in [7, 11) is 1.48. The highest BCUT2D eigenvalue weighted by atomic mass is 32.1. The molecule has 0 aromatic rings. The fraction of sp³-hybridized carbons (Fsp3) is 0.818. The van der Waals surface area contributed by atoms with Crippen LogP contribution in [0.3, 0.4) is 0 Å². The van der Waals surface area contributed by atoms with Crippen molar-refractivity contribution in [3.05, 3.63) is 0 Å². The fourth-order valence-corrected chi connectivity index (χ4v) is 2.47. The molecule has 1 rings (SSSR count). The second-order valence-electron chi connectivity index (χ2n) is 4.62. The van der Waals surface area contributed by atoms with Crippen LogP contribution in [0.5, 0.6) is 0 Å². The lowest BCUT2D eigenvalue weighted by Gasteiger charge is -2.36. The Hall–Kier alpha value is -0.890. The zero-order valence-corrected chi connectivity index (χ0v) is 11.5. The number of piperidine rings is 1. The summed E-state index contributed by atoms with van der Waals surface area (Å²) in [5.41, 5.74) is 5.18. The lowest BCUT2D eigenvalue weighted by molar-refractivity contribution is -0.162. The minimum Gasteiger partial charge on any atom is -0.393 e. The van der Waals surface area contributed by atoms with Crippen molar-refractivity contribution >= 4 is 23.1 Å². The van der Waals surface area contributed by atoms with Gasteiger partial charge in [0.25, 0.3) is 0 Å². The van der Waals surface area contributed by atoms with Gasteiger partial charge in [0.1, 0.15) is 5.92 Å². The Balaban J connectivity index is 2.80. The van der Waals surface area contributed by atoms with Crippen LogP contribution in [0.4, 0.5) is 13.2 Å². The van der Waals surface area contributed by atoms with Crippen LogP contribution < -0.4 is 11.1 Å². The number of hydrogen-bond donors (Lipinski definition) is 2. The Bertz CT molecular complexity index is 349. The van der Waals surface area contributed by atoms with Crippen molar-refractivity contribution in [2.45, 2.75) is 31.5 Å². The van der Waals surface area contributed by atoms with Gasteiger partial charge >= 0.3 is 6.18 Å². The first-order valence-corrected chi connectivity index (χ1v) is 6.50. The molecule has 19 heavy (non-hydrogen) atoms. The first-order chi connectivity index (χ1) is 8.77. The molecule has 1 aliphatic rings. The van der Waals surface area contributed by atoms with Crippen molar-refractivity contribution < 1.29 is 18.0 Å². The zero-order valence-electron chi connectivity index (χ0n) is 10.7. The maximum Gasteiger partial charge on any atom is 0.399 e. The van der Waals surface area contributed by atoms with Gasteiger partial charge in [-0.05, 0) is 19.4 Å². The Morgan fingerprint density at radius 1 is 1.53 bits per heavy atom. The van der Waals surface area contributed by atoms with E-state index in [-0.39, 0.29) is 12.5 Å². The van der Waals surface area contributed by atoms with Crippen LogP contribution in [-0.4, -0.2) is 48.2 Å². The van der Waals surface area contributed by atoms with Crippen molar-refractivity contribution in [1.82, 2.24) is 10.2 Å². The predicted molar refractivity (Wildman–Crippen MR) is 69.6 cm³/mol. The SMILES string of the molecule is CNC(=O)C1CCCCN1CC(C(N)=S)C(F)(F)F. The van der Waals surface area contributed by atoms with Crippen molar-refractivity contribution in [3.8, 4) is 0 Å². The van der Waals surface area contributed by atoms with E-state index in [0.717, 1.165) is 12.8 Å². The van der Waals surface area contributed by atoms with Gasteiger partial charge in [-0.25, -0.2) is 0 Å². The third-order valence-corrected chi connectivity index (χ3v) is 3.60. The molecule has 2 atom stereocenters. The maximum absolute atomic E-state index is 12.8. The summed E-state index contributed by atoms with van der Waals surface area (Å²) in [6.45, 7) is 0.101. The number of likely N-dealkylation sites (N-methyl/N-ethyl adjacent to an activating group) is 1. The highest BCUT2D eigenvalue weighted by Gasteiger charge is 2.44. The van der Waals surface area contributed by atoms with Crippen LogP contribution >= 0.6 is 12.2 Å². The van der Waals surface area contributed by atoms with Crippen LogP contribution in [0, 0.1) is 5.92 Å². The summed E-state index contributed by atoms with van der Waals surface area (Å²) in [5.74, 6) is -2.13. The molecule has 1 amide bonds. The average molecular weight is 297 g/mol. The number of hydrogen-bond acceptors (Lipinski definition) is 3. The number of nitrogens with zero attached hydrogens (tertiary/aromatic N) is 1. The van der Waals surface area contributed by atoms with Gasteiger partial charge in [-0.3, -0.25) is 9.69 Å². The fourth-order valence-electron chi connectivity index (χ4n) is 2.26. The molecule has 0 spiro atoms. The lowest BCUT2D eigenvalue weighted by atomic mass is 9.98. The zero-order chi connectivity index (χ0) is 14.6. The number of carbonyl (C=O) groups excluding carboxylic acids is 1. The Morgan fingerprint density at radius 3 is 2.63 bits per heavy atom. The summed E-state index contributed by atoms with van der Waals surface area (Å²) in [4.78, 5) is 12.6. The monoisotopic (exact) mass is 297 g/mol. The van der Waals surface area contributed by atoms with Gasteiger partial charge in [0.2, 0.25) is 5.91 Å². The molecule has 0 radical (unpaired) electrons. The van der Waals surface area contributed by atoms with Gasteiger partial charge < -0.3 is 11.1 Å².